The summed E-state index contributed by atoms with van der Waals surface area (Å²) in [6.07, 6.45) is 0. The molecule has 2 heterocycles. The summed E-state index contributed by atoms with van der Waals surface area (Å²) in [6, 6.07) is 3.47. The van der Waals surface area contributed by atoms with Crippen LogP contribution in [0, 0.1) is 0 Å². The molecule has 0 aromatic carbocycles. The van der Waals surface area contributed by atoms with Gasteiger partial charge in [-0.25, -0.2) is 8.42 Å². The van der Waals surface area contributed by atoms with Gasteiger partial charge in [-0.1, -0.05) is 0 Å². The largest absolute Gasteiger partial charge is 0.303 e. The standard InChI is InChI=1S/C10H15BrN2O2S2/c1-8-7-12(2)5-6-13(8)17(14,15)10-4-3-9(11)16-10/h3-4,8H,5-7H2,1-2H3. The smallest absolute Gasteiger partial charge is 0.252 e. The number of hydrogen-bond donors (Lipinski definition) is 0. The highest BCUT2D eigenvalue weighted by Gasteiger charge is 2.33. The van der Waals surface area contributed by atoms with Crippen LogP contribution in [0.2, 0.25) is 0 Å². The Morgan fingerprint density at radius 2 is 2.12 bits per heavy atom. The minimum absolute atomic E-state index is 0.0274. The van der Waals surface area contributed by atoms with E-state index in [4.69, 9.17) is 0 Å². The topological polar surface area (TPSA) is 40.6 Å². The molecule has 96 valence electrons. The number of rotatable bonds is 2. The fourth-order valence-electron chi connectivity index (χ4n) is 2.03. The molecule has 0 amide bonds. The third kappa shape index (κ3) is 2.73. The second-order valence-corrected chi connectivity index (χ2v) is 8.87. The zero-order chi connectivity index (χ0) is 12.6. The van der Waals surface area contributed by atoms with E-state index >= 15 is 0 Å². The first-order valence-corrected chi connectivity index (χ1v) is 8.42. The predicted molar refractivity (Wildman–Crippen MR) is 72.9 cm³/mol. The molecule has 0 bridgehead atoms. The van der Waals surface area contributed by atoms with Crippen molar-refractivity contribution < 1.29 is 8.42 Å². The van der Waals surface area contributed by atoms with E-state index in [0.717, 1.165) is 16.9 Å². The Kier molecular flexibility index (Phi) is 3.94. The Morgan fingerprint density at radius 1 is 1.41 bits per heavy atom. The lowest BCUT2D eigenvalue weighted by molar-refractivity contribution is 0.170. The summed E-state index contributed by atoms with van der Waals surface area (Å²) in [5, 5.41) is 0. The van der Waals surface area contributed by atoms with Gasteiger partial charge >= 0.3 is 0 Å². The van der Waals surface area contributed by atoms with Crippen molar-refractivity contribution in [1.82, 2.24) is 9.21 Å². The maximum Gasteiger partial charge on any atom is 0.252 e. The fourth-order valence-corrected chi connectivity index (χ4v) is 5.78. The number of sulfonamides is 1. The van der Waals surface area contributed by atoms with Gasteiger partial charge in [-0.15, -0.1) is 11.3 Å². The SMILES string of the molecule is CC1CN(C)CCN1S(=O)(=O)c1ccc(Br)s1. The van der Waals surface area contributed by atoms with Crippen molar-refractivity contribution in [3.8, 4) is 0 Å². The molecule has 1 aromatic rings. The molecule has 1 aliphatic rings. The molecule has 1 fully saturated rings. The van der Waals surface area contributed by atoms with E-state index in [9.17, 15) is 8.42 Å². The van der Waals surface area contributed by atoms with Crippen LogP contribution in [-0.2, 0) is 10.0 Å². The second-order valence-electron chi connectivity index (χ2n) is 4.29. The van der Waals surface area contributed by atoms with Crippen LogP contribution in [0.3, 0.4) is 0 Å². The third-order valence-electron chi connectivity index (χ3n) is 2.88. The molecule has 0 radical (unpaired) electrons. The second kappa shape index (κ2) is 4.97. The van der Waals surface area contributed by atoms with Gasteiger partial charge in [0.15, 0.2) is 0 Å². The number of hydrogen-bond acceptors (Lipinski definition) is 4. The van der Waals surface area contributed by atoms with Crippen LogP contribution in [0.5, 0.6) is 0 Å². The number of thiophene rings is 1. The van der Waals surface area contributed by atoms with Gasteiger partial charge in [0.25, 0.3) is 10.0 Å². The summed E-state index contributed by atoms with van der Waals surface area (Å²) in [5.41, 5.74) is 0. The molecule has 1 aliphatic heterocycles. The fraction of sp³-hybridized carbons (Fsp3) is 0.600. The molecule has 17 heavy (non-hydrogen) atoms. The average molecular weight is 339 g/mol. The molecule has 1 aromatic heterocycles. The highest BCUT2D eigenvalue weighted by molar-refractivity contribution is 9.11. The molecular weight excluding hydrogens is 324 g/mol. The van der Waals surface area contributed by atoms with Crippen LogP contribution in [0.4, 0.5) is 0 Å². The van der Waals surface area contributed by atoms with Crippen molar-refractivity contribution in [3.05, 3.63) is 15.9 Å². The van der Waals surface area contributed by atoms with Crippen molar-refractivity contribution >= 4 is 37.3 Å². The minimum atomic E-state index is -3.32. The maximum absolute atomic E-state index is 12.4. The maximum atomic E-state index is 12.4. The van der Waals surface area contributed by atoms with Crippen molar-refractivity contribution in [2.24, 2.45) is 0 Å². The highest BCUT2D eigenvalue weighted by atomic mass is 79.9. The van der Waals surface area contributed by atoms with E-state index in [1.807, 2.05) is 14.0 Å². The minimum Gasteiger partial charge on any atom is -0.303 e. The van der Waals surface area contributed by atoms with Crippen molar-refractivity contribution in [2.45, 2.75) is 17.2 Å². The summed E-state index contributed by atoms with van der Waals surface area (Å²) in [4.78, 5) is 2.15. The van der Waals surface area contributed by atoms with E-state index in [1.54, 1.807) is 16.4 Å². The monoisotopic (exact) mass is 338 g/mol. The van der Waals surface area contributed by atoms with E-state index in [0.29, 0.717) is 10.8 Å². The lowest BCUT2D eigenvalue weighted by Gasteiger charge is -2.36. The molecule has 2 rings (SSSR count). The first-order valence-electron chi connectivity index (χ1n) is 5.37. The molecule has 1 saturated heterocycles. The lowest BCUT2D eigenvalue weighted by Crippen LogP contribution is -2.52. The van der Waals surface area contributed by atoms with Crippen LogP contribution in [-0.4, -0.2) is 50.3 Å². The zero-order valence-electron chi connectivity index (χ0n) is 9.76. The van der Waals surface area contributed by atoms with E-state index in [2.05, 4.69) is 20.8 Å². The Bertz CT molecular complexity index is 500. The summed E-state index contributed by atoms with van der Waals surface area (Å²) in [7, 11) is -1.30. The quantitative estimate of drug-likeness (QED) is 0.826. The van der Waals surface area contributed by atoms with Crippen molar-refractivity contribution in [1.29, 1.82) is 0 Å². The van der Waals surface area contributed by atoms with Gasteiger partial charge in [0.2, 0.25) is 0 Å². The molecule has 1 atom stereocenters. The zero-order valence-corrected chi connectivity index (χ0v) is 13.0. The Hall–Kier alpha value is 0.0500. The number of likely N-dealkylation sites (N-methyl/N-ethyl adjacent to an activating group) is 1. The Balaban J connectivity index is 2.27. The number of nitrogens with zero attached hydrogens (tertiary/aromatic N) is 2. The Morgan fingerprint density at radius 3 is 2.65 bits per heavy atom. The van der Waals surface area contributed by atoms with Gasteiger partial charge in [-0.2, -0.15) is 4.31 Å². The summed E-state index contributed by atoms with van der Waals surface area (Å²) in [5.74, 6) is 0. The molecule has 4 nitrogen and oxygen atoms in total. The highest BCUT2D eigenvalue weighted by Crippen LogP contribution is 2.30. The van der Waals surface area contributed by atoms with Crippen LogP contribution >= 0.6 is 27.3 Å². The summed E-state index contributed by atoms with van der Waals surface area (Å²) < 4.78 is 27.7. The average Bonchev–Trinajstić information content (AvgIpc) is 2.64. The van der Waals surface area contributed by atoms with Gasteiger partial charge in [-0.05, 0) is 42.0 Å². The summed E-state index contributed by atoms with van der Waals surface area (Å²) in [6.45, 7) is 4.09. The molecule has 0 spiro atoms. The van der Waals surface area contributed by atoms with Crippen LogP contribution in [0.25, 0.3) is 0 Å². The van der Waals surface area contributed by atoms with Gasteiger partial charge in [0.05, 0.1) is 3.79 Å². The molecule has 0 aliphatic carbocycles. The van der Waals surface area contributed by atoms with E-state index < -0.39 is 10.0 Å². The van der Waals surface area contributed by atoms with Crippen LogP contribution in [0.1, 0.15) is 6.92 Å². The number of halogens is 1. The molecule has 7 heteroatoms. The molecular formula is C10H15BrN2O2S2. The lowest BCUT2D eigenvalue weighted by atomic mass is 10.2. The third-order valence-corrected chi connectivity index (χ3v) is 6.99. The summed E-state index contributed by atoms with van der Waals surface area (Å²) >= 11 is 4.57. The molecule has 0 saturated carbocycles. The molecule has 1 unspecified atom stereocenters. The van der Waals surface area contributed by atoms with Gasteiger partial charge in [0, 0.05) is 25.7 Å². The van der Waals surface area contributed by atoms with E-state index in [-0.39, 0.29) is 6.04 Å². The van der Waals surface area contributed by atoms with Crippen LogP contribution < -0.4 is 0 Å². The van der Waals surface area contributed by atoms with E-state index in [1.165, 1.54) is 11.3 Å². The number of piperazine rings is 1. The Labute approximate surface area is 114 Å². The first kappa shape index (κ1) is 13.5. The normalized spacial score (nSPS) is 24.1. The van der Waals surface area contributed by atoms with Crippen molar-refractivity contribution in [2.75, 3.05) is 26.7 Å². The van der Waals surface area contributed by atoms with Gasteiger partial charge in [-0.3, -0.25) is 0 Å². The predicted octanol–water partition coefficient (Wildman–Crippen LogP) is 1.84. The molecule has 0 N–H and O–H groups in total. The van der Waals surface area contributed by atoms with Crippen LogP contribution in [0.15, 0.2) is 20.1 Å². The van der Waals surface area contributed by atoms with Crippen molar-refractivity contribution in [3.63, 3.8) is 0 Å². The first-order chi connectivity index (χ1) is 7.91. The van der Waals surface area contributed by atoms with Gasteiger partial charge < -0.3 is 4.90 Å². The van der Waals surface area contributed by atoms with Gasteiger partial charge in [0.1, 0.15) is 4.21 Å².